The first-order chi connectivity index (χ1) is 8.22. The van der Waals surface area contributed by atoms with Gasteiger partial charge in [-0.3, -0.25) is 0 Å². The number of benzene rings is 1. The molecule has 0 amide bonds. The lowest BCUT2D eigenvalue weighted by atomic mass is 10.0. The molecule has 0 radical (unpaired) electrons. The molecule has 3 heteroatoms. The van der Waals surface area contributed by atoms with Crippen LogP contribution in [-0.2, 0) is 6.54 Å². The van der Waals surface area contributed by atoms with E-state index < -0.39 is 0 Å². The molecule has 3 nitrogen and oxygen atoms in total. The molecule has 0 saturated heterocycles. The van der Waals surface area contributed by atoms with Gasteiger partial charge in [-0.2, -0.15) is 0 Å². The van der Waals surface area contributed by atoms with E-state index in [1.165, 1.54) is 5.52 Å². The quantitative estimate of drug-likeness (QED) is 0.857. The van der Waals surface area contributed by atoms with Gasteiger partial charge >= 0.3 is 0 Å². The molecule has 1 N–H and O–H groups in total. The first kappa shape index (κ1) is 12.1. The molecule has 0 aliphatic rings. The zero-order valence-electron chi connectivity index (χ0n) is 10.9. The van der Waals surface area contributed by atoms with E-state index in [4.69, 9.17) is 0 Å². The summed E-state index contributed by atoms with van der Waals surface area (Å²) in [5.74, 6) is 0.621. The standard InChI is InChI=1S/C14H21N3/c1-4-15-13(11(2)3)9-17-10-16-12-7-5-6-8-14(12)17/h5-8,10-11,13,15H,4,9H2,1-3H3. The average molecular weight is 231 g/mol. The average Bonchev–Trinajstić information content (AvgIpc) is 2.72. The van der Waals surface area contributed by atoms with Crippen LogP contribution in [0.25, 0.3) is 11.0 Å². The van der Waals surface area contributed by atoms with Gasteiger partial charge in [0.15, 0.2) is 0 Å². The Kier molecular flexibility index (Phi) is 3.79. The van der Waals surface area contributed by atoms with Gasteiger partial charge < -0.3 is 9.88 Å². The van der Waals surface area contributed by atoms with Gasteiger partial charge in [0.25, 0.3) is 0 Å². The second-order valence-corrected chi connectivity index (χ2v) is 4.79. The summed E-state index contributed by atoms with van der Waals surface area (Å²) in [5.41, 5.74) is 2.29. The highest BCUT2D eigenvalue weighted by molar-refractivity contribution is 5.74. The predicted octanol–water partition coefficient (Wildman–Crippen LogP) is 2.67. The van der Waals surface area contributed by atoms with Crippen LogP contribution in [-0.4, -0.2) is 22.1 Å². The summed E-state index contributed by atoms with van der Waals surface area (Å²) in [5, 5.41) is 3.54. The predicted molar refractivity (Wildman–Crippen MR) is 72.0 cm³/mol. The van der Waals surface area contributed by atoms with Crippen molar-refractivity contribution in [1.82, 2.24) is 14.9 Å². The van der Waals surface area contributed by atoms with Crippen LogP contribution in [0.5, 0.6) is 0 Å². The maximum atomic E-state index is 4.43. The van der Waals surface area contributed by atoms with E-state index in [9.17, 15) is 0 Å². The topological polar surface area (TPSA) is 29.9 Å². The lowest BCUT2D eigenvalue weighted by Gasteiger charge is -2.22. The number of nitrogens with one attached hydrogen (secondary N) is 1. The van der Waals surface area contributed by atoms with Gasteiger partial charge in [-0.1, -0.05) is 32.9 Å². The summed E-state index contributed by atoms with van der Waals surface area (Å²) in [6, 6.07) is 8.79. The monoisotopic (exact) mass is 231 g/mol. The van der Waals surface area contributed by atoms with Crippen molar-refractivity contribution >= 4 is 11.0 Å². The minimum atomic E-state index is 0.498. The van der Waals surface area contributed by atoms with Crippen LogP contribution in [0.15, 0.2) is 30.6 Å². The van der Waals surface area contributed by atoms with Gasteiger partial charge in [0, 0.05) is 12.6 Å². The Labute approximate surface area is 103 Å². The summed E-state index contributed by atoms with van der Waals surface area (Å²) >= 11 is 0. The molecule has 0 aliphatic carbocycles. The number of nitrogens with zero attached hydrogens (tertiary/aromatic N) is 2. The van der Waals surface area contributed by atoms with Crippen LogP contribution < -0.4 is 5.32 Å². The summed E-state index contributed by atoms with van der Waals surface area (Å²) < 4.78 is 2.24. The Morgan fingerprint density at radius 1 is 1.29 bits per heavy atom. The summed E-state index contributed by atoms with van der Waals surface area (Å²) in [4.78, 5) is 4.43. The van der Waals surface area contributed by atoms with Crippen LogP contribution in [0.3, 0.4) is 0 Å². The van der Waals surface area contributed by atoms with Gasteiger partial charge in [-0.05, 0) is 24.6 Å². The fourth-order valence-electron chi connectivity index (χ4n) is 2.14. The van der Waals surface area contributed by atoms with Crippen molar-refractivity contribution in [2.75, 3.05) is 6.54 Å². The molecule has 2 aromatic rings. The minimum absolute atomic E-state index is 0.498. The van der Waals surface area contributed by atoms with E-state index in [0.29, 0.717) is 12.0 Å². The molecule has 0 fully saturated rings. The number of para-hydroxylation sites is 2. The van der Waals surface area contributed by atoms with Crippen molar-refractivity contribution in [3.8, 4) is 0 Å². The van der Waals surface area contributed by atoms with Crippen molar-refractivity contribution in [1.29, 1.82) is 0 Å². The fraction of sp³-hybridized carbons (Fsp3) is 0.500. The van der Waals surface area contributed by atoms with E-state index in [1.807, 2.05) is 12.4 Å². The first-order valence-corrected chi connectivity index (χ1v) is 6.35. The van der Waals surface area contributed by atoms with E-state index in [1.54, 1.807) is 0 Å². The zero-order valence-corrected chi connectivity index (χ0v) is 10.9. The largest absolute Gasteiger partial charge is 0.329 e. The highest BCUT2D eigenvalue weighted by Crippen LogP contribution is 2.14. The Morgan fingerprint density at radius 3 is 2.76 bits per heavy atom. The molecular weight excluding hydrogens is 210 g/mol. The van der Waals surface area contributed by atoms with Crippen molar-refractivity contribution in [2.45, 2.75) is 33.4 Å². The number of hydrogen-bond donors (Lipinski definition) is 1. The molecule has 92 valence electrons. The first-order valence-electron chi connectivity index (χ1n) is 6.35. The molecule has 1 atom stereocenters. The molecule has 17 heavy (non-hydrogen) atoms. The maximum Gasteiger partial charge on any atom is 0.0958 e. The number of hydrogen-bond acceptors (Lipinski definition) is 2. The van der Waals surface area contributed by atoms with Crippen LogP contribution in [0.2, 0.25) is 0 Å². The summed E-state index contributed by atoms with van der Waals surface area (Å²) in [6.07, 6.45) is 1.94. The molecule has 0 aliphatic heterocycles. The number of likely N-dealkylation sites (N-methyl/N-ethyl adjacent to an activating group) is 1. The lowest BCUT2D eigenvalue weighted by Crippen LogP contribution is -2.37. The van der Waals surface area contributed by atoms with Crippen LogP contribution >= 0.6 is 0 Å². The van der Waals surface area contributed by atoms with Crippen LogP contribution in [0, 0.1) is 5.92 Å². The Morgan fingerprint density at radius 2 is 2.06 bits per heavy atom. The molecule has 1 unspecified atom stereocenters. The summed E-state index contributed by atoms with van der Waals surface area (Å²) in [7, 11) is 0. The van der Waals surface area contributed by atoms with Crippen molar-refractivity contribution in [2.24, 2.45) is 5.92 Å². The smallest absolute Gasteiger partial charge is 0.0958 e. The highest BCUT2D eigenvalue weighted by atomic mass is 15.1. The Balaban J connectivity index is 2.22. The maximum absolute atomic E-state index is 4.43. The van der Waals surface area contributed by atoms with Gasteiger partial charge in [0.1, 0.15) is 0 Å². The molecular formula is C14H21N3. The number of aromatic nitrogens is 2. The van der Waals surface area contributed by atoms with Gasteiger partial charge in [0.05, 0.1) is 17.4 Å². The molecule has 0 saturated carbocycles. The SMILES string of the molecule is CCNC(Cn1cnc2ccccc21)C(C)C. The van der Waals surface area contributed by atoms with E-state index >= 15 is 0 Å². The third-order valence-electron chi connectivity index (χ3n) is 3.19. The molecule has 1 aromatic carbocycles. The van der Waals surface area contributed by atoms with Crippen molar-refractivity contribution in [3.63, 3.8) is 0 Å². The van der Waals surface area contributed by atoms with E-state index in [2.05, 4.69) is 53.8 Å². The molecule has 1 aromatic heterocycles. The Bertz CT molecular complexity index is 473. The van der Waals surface area contributed by atoms with E-state index in [-0.39, 0.29) is 0 Å². The van der Waals surface area contributed by atoms with Crippen LogP contribution in [0.1, 0.15) is 20.8 Å². The lowest BCUT2D eigenvalue weighted by molar-refractivity contribution is 0.365. The summed E-state index contributed by atoms with van der Waals surface area (Å²) in [6.45, 7) is 8.65. The highest BCUT2D eigenvalue weighted by Gasteiger charge is 2.13. The minimum Gasteiger partial charge on any atom is -0.329 e. The van der Waals surface area contributed by atoms with Crippen molar-refractivity contribution in [3.05, 3.63) is 30.6 Å². The normalized spacial score (nSPS) is 13.4. The second-order valence-electron chi connectivity index (χ2n) is 4.79. The third-order valence-corrected chi connectivity index (χ3v) is 3.19. The number of rotatable bonds is 5. The number of fused-ring (bicyclic) bond motifs is 1. The van der Waals surface area contributed by atoms with Crippen LogP contribution in [0.4, 0.5) is 0 Å². The van der Waals surface area contributed by atoms with E-state index in [0.717, 1.165) is 18.6 Å². The van der Waals surface area contributed by atoms with Gasteiger partial charge in [0.2, 0.25) is 0 Å². The molecule has 0 bridgehead atoms. The zero-order chi connectivity index (χ0) is 12.3. The fourth-order valence-corrected chi connectivity index (χ4v) is 2.14. The molecule has 0 spiro atoms. The van der Waals surface area contributed by atoms with Crippen molar-refractivity contribution < 1.29 is 0 Å². The third kappa shape index (κ3) is 2.67. The van der Waals surface area contributed by atoms with Gasteiger partial charge in [-0.25, -0.2) is 4.98 Å². The second kappa shape index (κ2) is 5.32. The Hall–Kier alpha value is -1.35. The van der Waals surface area contributed by atoms with Gasteiger partial charge in [-0.15, -0.1) is 0 Å². The molecule has 1 heterocycles. The number of imidazole rings is 1. The molecule has 2 rings (SSSR count).